The number of likely N-dealkylation sites (N-methyl/N-ethyl adjacent to an activating group) is 1. The van der Waals surface area contributed by atoms with Crippen LogP contribution in [0.15, 0.2) is 0 Å². The van der Waals surface area contributed by atoms with E-state index in [0.717, 1.165) is 37.0 Å². The van der Waals surface area contributed by atoms with Gasteiger partial charge in [-0.05, 0) is 19.8 Å². The second kappa shape index (κ2) is 5.08. The van der Waals surface area contributed by atoms with E-state index < -0.39 is 5.41 Å². The Bertz CT molecular complexity index is 372. The second-order valence-corrected chi connectivity index (χ2v) is 5.26. The average molecular weight is 252 g/mol. The minimum absolute atomic E-state index is 0.118. The molecule has 5 nitrogen and oxygen atoms in total. The monoisotopic (exact) mass is 252 g/mol. The summed E-state index contributed by atoms with van der Waals surface area (Å²) in [6.07, 6.45) is 5.04. The largest absolute Gasteiger partial charge is 0.355 e. The van der Waals surface area contributed by atoms with Crippen LogP contribution >= 0.6 is 0 Å². The SMILES string of the molecule is CCNC(=O)CN1C(=O)CC2(CCCCC2)C1=O. The lowest BCUT2D eigenvalue weighted by molar-refractivity contribution is -0.145. The van der Waals surface area contributed by atoms with Crippen LogP contribution in [0, 0.1) is 5.41 Å². The number of nitrogens with one attached hydrogen (secondary N) is 1. The topological polar surface area (TPSA) is 66.5 Å². The van der Waals surface area contributed by atoms with E-state index >= 15 is 0 Å². The maximum absolute atomic E-state index is 12.4. The predicted molar refractivity (Wildman–Crippen MR) is 65.5 cm³/mol. The lowest BCUT2D eigenvalue weighted by Crippen LogP contribution is -2.43. The summed E-state index contributed by atoms with van der Waals surface area (Å²) >= 11 is 0. The van der Waals surface area contributed by atoms with Crippen molar-refractivity contribution in [2.24, 2.45) is 5.41 Å². The van der Waals surface area contributed by atoms with Gasteiger partial charge in [0.25, 0.3) is 0 Å². The highest BCUT2D eigenvalue weighted by Gasteiger charge is 2.51. The molecule has 0 radical (unpaired) electrons. The van der Waals surface area contributed by atoms with Gasteiger partial charge in [-0.2, -0.15) is 0 Å². The molecule has 1 heterocycles. The van der Waals surface area contributed by atoms with E-state index in [1.807, 2.05) is 6.92 Å². The Morgan fingerprint density at radius 2 is 1.94 bits per heavy atom. The maximum atomic E-state index is 12.4. The van der Waals surface area contributed by atoms with Crippen molar-refractivity contribution in [3.05, 3.63) is 0 Å². The van der Waals surface area contributed by atoms with Crippen LogP contribution < -0.4 is 5.32 Å². The number of amides is 3. The molecule has 2 fully saturated rings. The van der Waals surface area contributed by atoms with E-state index in [1.54, 1.807) is 0 Å². The first-order valence-corrected chi connectivity index (χ1v) is 6.70. The average Bonchev–Trinajstić information content (AvgIpc) is 2.55. The summed E-state index contributed by atoms with van der Waals surface area (Å²) < 4.78 is 0. The molecule has 3 amide bonds. The molecule has 0 unspecified atom stereocenters. The smallest absolute Gasteiger partial charge is 0.240 e. The van der Waals surface area contributed by atoms with Crippen LogP contribution in [-0.2, 0) is 14.4 Å². The number of carbonyl (C=O) groups excluding carboxylic acids is 3. The van der Waals surface area contributed by atoms with Crippen LogP contribution in [0.1, 0.15) is 45.4 Å². The Labute approximate surface area is 107 Å². The highest BCUT2D eigenvalue weighted by atomic mass is 16.2. The summed E-state index contributed by atoms with van der Waals surface area (Å²) in [5.41, 5.74) is -0.484. The molecule has 1 aliphatic carbocycles. The lowest BCUT2D eigenvalue weighted by Gasteiger charge is -2.30. The van der Waals surface area contributed by atoms with Gasteiger partial charge in [-0.25, -0.2) is 0 Å². The molecule has 0 aromatic heterocycles. The zero-order valence-electron chi connectivity index (χ0n) is 10.8. The number of imide groups is 1. The standard InChI is InChI=1S/C13H20N2O3/c1-2-14-10(16)9-15-11(17)8-13(12(15)18)6-4-3-5-7-13/h2-9H2,1H3,(H,14,16). The Hall–Kier alpha value is -1.39. The third-order valence-electron chi connectivity index (χ3n) is 3.98. The zero-order valence-corrected chi connectivity index (χ0v) is 10.8. The fourth-order valence-electron chi connectivity index (χ4n) is 3.04. The van der Waals surface area contributed by atoms with Crippen molar-refractivity contribution in [2.75, 3.05) is 13.1 Å². The maximum Gasteiger partial charge on any atom is 0.240 e. The van der Waals surface area contributed by atoms with Crippen LogP contribution in [-0.4, -0.2) is 35.7 Å². The third-order valence-corrected chi connectivity index (χ3v) is 3.98. The van der Waals surface area contributed by atoms with E-state index in [2.05, 4.69) is 5.32 Å². The minimum Gasteiger partial charge on any atom is -0.355 e. The molecule has 1 saturated heterocycles. The van der Waals surface area contributed by atoms with Gasteiger partial charge in [-0.3, -0.25) is 19.3 Å². The molecule has 2 aliphatic rings. The van der Waals surface area contributed by atoms with Crippen molar-refractivity contribution in [3.8, 4) is 0 Å². The molecule has 1 N–H and O–H groups in total. The molecule has 100 valence electrons. The van der Waals surface area contributed by atoms with E-state index in [0.29, 0.717) is 13.0 Å². The summed E-state index contributed by atoms with van der Waals surface area (Å²) in [4.78, 5) is 36.9. The first kappa shape index (κ1) is 13.1. The number of carbonyl (C=O) groups is 3. The highest BCUT2D eigenvalue weighted by molar-refractivity contribution is 6.08. The molecule has 1 aliphatic heterocycles. The second-order valence-electron chi connectivity index (χ2n) is 5.26. The number of likely N-dealkylation sites (tertiary alicyclic amines) is 1. The first-order valence-electron chi connectivity index (χ1n) is 6.70. The predicted octanol–water partition coefficient (Wildman–Crippen LogP) is 0.832. The molecule has 1 saturated carbocycles. The number of hydrogen-bond acceptors (Lipinski definition) is 3. The zero-order chi connectivity index (χ0) is 13.2. The molecule has 0 aromatic carbocycles. The van der Waals surface area contributed by atoms with Crippen LogP contribution in [0.25, 0.3) is 0 Å². The first-order chi connectivity index (χ1) is 8.59. The van der Waals surface area contributed by atoms with E-state index in [4.69, 9.17) is 0 Å². The molecule has 0 bridgehead atoms. The van der Waals surface area contributed by atoms with Crippen molar-refractivity contribution in [1.82, 2.24) is 10.2 Å². The van der Waals surface area contributed by atoms with Crippen LogP contribution in [0.4, 0.5) is 0 Å². The molecule has 1 spiro atoms. The molecule has 18 heavy (non-hydrogen) atoms. The molecule has 2 rings (SSSR count). The molecular formula is C13H20N2O3. The lowest BCUT2D eigenvalue weighted by atomic mass is 9.73. The van der Waals surface area contributed by atoms with Gasteiger partial charge in [0.15, 0.2) is 0 Å². The summed E-state index contributed by atoms with van der Waals surface area (Å²) in [7, 11) is 0. The normalized spacial score (nSPS) is 22.6. The summed E-state index contributed by atoms with van der Waals surface area (Å²) in [6.45, 7) is 2.21. The van der Waals surface area contributed by atoms with Crippen LogP contribution in [0.2, 0.25) is 0 Å². The number of nitrogens with zero attached hydrogens (tertiary/aromatic N) is 1. The Morgan fingerprint density at radius 1 is 1.28 bits per heavy atom. The van der Waals surface area contributed by atoms with E-state index in [1.165, 1.54) is 0 Å². The van der Waals surface area contributed by atoms with E-state index in [-0.39, 0.29) is 24.3 Å². The quantitative estimate of drug-likeness (QED) is 0.757. The minimum atomic E-state index is -0.484. The number of hydrogen-bond donors (Lipinski definition) is 1. The van der Waals surface area contributed by atoms with Gasteiger partial charge >= 0.3 is 0 Å². The Balaban J connectivity index is 2.07. The van der Waals surface area contributed by atoms with E-state index in [9.17, 15) is 14.4 Å². The molecule has 0 aromatic rings. The summed E-state index contributed by atoms with van der Waals surface area (Å²) in [6, 6.07) is 0. The van der Waals surface area contributed by atoms with Crippen molar-refractivity contribution in [3.63, 3.8) is 0 Å². The fourth-order valence-corrected chi connectivity index (χ4v) is 3.04. The van der Waals surface area contributed by atoms with Gasteiger partial charge in [0.2, 0.25) is 17.7 Å². The molecule has 5 heteroatoms. The Kier molecular flexibility index (Phi) is 3.68. The molecular weight excluding hydrogens is 232 g/mol. The van der Waals surface area contributed by atoms with Gasteiger partial charge < -0.3 is 5.32 Å². The van der Waals surface area contributed by atoms with Crippen molar-refractivity contribution >= 4 is 17.7 Å². The molecule has 0 atom stereocenters. The number of rotatable bonds is 3. The van der Waals surface area contributed by atoms with Gasteiger partial charge in [-0.15, -0.1) is 0 Å². The van der Waals surface area contributed by atoms with Crippen molar-refractivity contribution < 1.29 is 14.4 Å². The van der Waals surface area contributed by atoms with Crippen molar-refractivity contribution in [2.45, 2.75) is 45.4 Å². The summed E-state index contributed by atoms with van der Waals surface area (Å²) in [5, 5.41) is 2.62. The van der Waals surface area contributed by atoms with Gasteiger partial charge in [0, 0.05) is 13.0 Å². The van der Waals surface area contributed by atoms with Gasteiger partial charge in [0.1, 0.15) is 6.54 Å². The third kappa shape index (κ3) is 2.26. The van der Waals surface area contributed by atoms with Gasteiger partial charge in [0.05, 0.1) is 5.41 Å². The van der Waals surface area contributed by atoms with Crippen LogP contribution in [0.3, 0.4) is 0 Å². The van der Waals surface area contributed by atoms with Crippen molar-refractivity contribution in [1.29, 1.82) is 0 Å². The fraction of sp³-hybridized carbons (Fsp3) is 0.769. The van der Waals surface area contributed by atoms with Crippen LogP contribution in [0.5, 0.6) is 0 Å². The highest BCUT2D eigenvalue weighted by Crippen LogP contribution is 2.45. The Morgan fingerprint density at radius 3 is 2.56 bits per heavy atom. The van der Waals surface area contributed by atoms with Gasteiger partial charge in [-0.1, -0.05) is 19.3 Å². The summed E-state index contributed by atoms with van der Waals surface area (Å²) in [5.74, 6) is -0.571.